The van der Waals surface area contributed by atoms with Gasteiger partial charge in [-0.3, -0.25) is 9.59 Å². The standard InChI is InChI=1S/C15H16N2O3/c1-9(2)11-6-4-5-7-13(11)17-14(19)12(10(3)18)8-16-15(17)20/h4-9H,1-3H3,(H,16,20). The van der Waals surface area contributed by atoms with Crippen molar-refractivity contribution in [1.82, 2.24) is 9.55 Å². The molecule has 0 radical (unpaired) electrons. The number of hydrogen-bond donors (Lipinski definition) is 1. The maximum absolute atomic E-state index is 12.3. The van der Waals surface area contributed by atoms with Crippen LogP contribution in [0.5, 0.6) is 0 Å². The molecule has 2 aromatic rings. The minimum atomic E-state index is -0.589. The third kappa shape index (κ3) is 2.34. The highest BCUT2D eigenvalue weighted by Crippen LogP contribution is 2.20. The van der Waals surface area contributed by atoms with Crippen molar-refractivity contribution in [3.05, 3.63) is 62.4 Å². The minimum absolute atomic E-state index is 0.0249. The lowest BCUT2D eigenvalue weighted by Crippen LogP contribution is -2.37. The molecular weight excluding hydrogens is 256 g/mol. The third-order valence-corrected chi connectivity index (χ3v) is 3.16. The smallest absolute Gasteiger partial charge is 0.313 e. The lowest BCUT2D eigenvalue weighted by atomic mass is 10.0. The van der Waals surface area contributed by atoms with Gasteiger partial charge in [-0.1, -0.05) is 32.0 Å². The van der Waals surface area contributed by atoms with E-state index in [1.54, 1.807) is 12.1 Å². The number of nitrogens with zero attached hydrogens (tertiary/aromatic N) is 1. The average molecular weight is 272 g/mol. The predicted octanol–water partition coefficient (Wildman–Crippen LogP) is 1.85. The maximum Gasteiger partial charge on any atom is 0.333 e. The second kappa shape index (κ2) is 5.28. The second-order valence-electron chi connectivity index (χ2n) is 4.92. The Morgan fingerprint density at radius 2 is 1.85 bits per heavy atom. The fourth-order valence-corrected chi connectivity index (χ4v) is 2.12. The predicted molar refractivity (Wildman–Crippen MR) is 76.8 cm³/mol. The summed E-state index contributed by atoms with van der Waals surface area (Å²) in [5, 5.41) is 0. The van der Waals surface area contributed by atoms with Crippen molar-refractivity contribution in [3.63, 3.8) is 0 Å². The Hall–Kier alpha value is -2.43. The van der Waals surface area contributed by atoms with Crippen molar-refractivity contribution in [2.45, 2.75) is 26.7 Å². The number of nitrogens with one attached hydrogen (secondary N) is 1. The van der Waals surface area contributed by atoms with Crippen molar-refractivity contribution in [2.75, 3.05) is 0 Å². The Labute approximate surface area is 115 Å². The summed E-state index contributed by atoms with van der Waals surface area (Å²) < 4.78 is 1.02. The lowest BCUT2D eigenvalue weighted by molar-refractivity contribution is 0.101. The normalized spacial score (nSPS) is 10.8. The molecule has 20 heavy (non-hydrogen) atoms. The summed E-state index contributed by atoms with van der Waals surface area (Å²) in [7, 11) is 0. The van der Waals surface area contributed by atoms with Crippen LogP contribution in [0.4, 0.5) is 0 Å². The molecule has 0 saturated carbocycles. The van der Waals surface area contributed by atoms with E-state index in [4.69, 9.17) is 0 Å². The Morgan fingerprint density at radius 1 is 1.20 bits per heavy atom. The minimum Gasteiger partial charge on any atom is -0.313 e. The molecule has 0 aliphatic carbocycles. The lowest BCUT2D eigenvalue weighted by Gasteiger charge is -2.13. The number of carbonyl (C=O) groups is 1. The highest BCUT2D eigenvalue weighted by molar-refractivity contribution is 5.93. The number of para-hydroxylation sites is 1. The number of aromatic nitrogens is 2. The van der Waals surface area contributed by atoms with Crippen LogP contribution in [0.3, 0.4) is 0 Å². The topological polar surface area (TPSA) is 71.9 Å². The molecule has 0 aliphatic rings. The van der Waals surface area contributed by atoms with Crippen molar-refractivity contribution in [3.8, 4) is 5.69 Å². The van der Waals surface area contributed by atoms with Crippen molar-refractivity contribution >= 4 is 5.78 Å². The monoisotopic (exact) mass is 272 g/mol. The molecule has 0 unspecified atom stereocenters. The van der Waals surface area contributed by atoms with Crippen molar-refractivity contribution in [1.29, 1.82) is 0 Å². The number of Topliss-reactive ketones (excluding diaryl/α,β-unsaturated/α-hetero) is 1. The summed E-state index contributed by atoms with van der Waals surface area (Å²) in [5.74, 6) is -0.222. The second-order valence-corrected chi connectivity index (χ2v) is 4.92. The molecule has 1 N–H and O–H groups in total. The van der Waals surface area contributed by atoms with Crippen LogP contribution < -0.4 is 11.2 Å². The summed E-state index contributed by atoms with van der Waals surface area (Å²) in [5.41, 5.74) is 0.225. The van der Waals surface area contributed by atoms with Gasteiger partial charge in [0.1, 0.15) is 0 Å². The Kier molecular flexibility index (Phi) is 3.70. The van der Waals surface area contributed by atoms with E-state index < -0.39 is 11.2 Å². The van der Waals surface area contributed by atoms with Crippen LogP contribution in [-0.2, 0) is 0 Å². The highest BCUT2D eigenvalue weighted by atomic mass is 16.2. The zero-order valence-corrected chi connectivity index (χ0v) is 11.6. The fraction of sp³-hybridized carbons (Fsp3) is 0.267. The van der Waals surface area contributed by atoms with Crippen LogP contribution in [0, 0.1) is 0 Å². The SMILES string of the molecule is CC(=O)c1c[nH]c(=O)n(-c2ccccc2C(C)C)c1=O. The van der Waals surface area contributed by atoms with Crippen molar-refractivity contribution < 1.29 is 4.79 Å². The third-order valence-electron chi connectivity index (χ3n) is 3.16. The van der Waals surface area contributed by atoms with E-state index in [2.05, 4.69) is 4.98 Å². The van der Waals surface area contributed by atoms with Crippen molar-refractivity contribution in [2.24, 2.45) is 0 Å². The molecule has 0 bridgehead atoms. The van der Waals surface area contributed by atoms with Crippen LogP contribution in [0.15, 0.2) is 40.1 Å². The Bertz CT molecular complexity index is 769. The first-order chi connectivity index (χ1) is 9.43. The molecule has 0 spiro atoms. The molecule has 2 rings (SSSR count). The summed E-state index contributed by atoms with van der Waals surface area (Å²) in [6, 6.07) is 7.18. The van der Waals surface area contributed by atoms with Gasteiger partial charge in [0.05, 0.1) is 11.3 Å². The number of ketones is 1. The van der Waals surface area contributed by atoms with E-state index >= 15 is 0 Å². The number of carbonyl (C=O) groups excluding carboxylic acids is 1. The van der Waals surface area contributed by atoms with Gasteiger partial charge in [-0.15, -0.1) is 0 Å². The van der Waals surface area contributed by atoms with Crippen LogP contribution in [0.2, 0.25) is 0 Å². The van der Waals surface area contributed by atoms with E-state index in [-0.39, 0.29) is 17.3 Å². The molecule has 0 amide bonds. The molecular formula is C15H16N2O3. The maximum atomic E-state index is 12.3. The van der Waals surface area contributed by atoms with E-state index in [0.29, 0.717) is 5.69 Å². The van der Waals surface area contributed by atoms with Gasteiger partial charge in [0.15, 0.2) is 5.78 Å². The first kappa shape index (κ1) is 14.0. The quantitative estimate of drug-likeness (QED) is 0.867. The van der Waals surface area contributed by atoms with Gasteiger partial charge < -0.3 is 4.98 Å². The van der Waals surface area contributed by atoms with E-state index in [0.717, 1.165) is 10.1 Å². The van der Waals surface area contributed by atoms with Gasteiger partial charge in [0.2, 0.25) is 0 Å². The Morgan fingerprint density at radius 3 is 2.45 bits per heavy atom. The van der Waals surface area contributed by atoms with E-state index in [1.165, 1.54) is 13.1 Å². The first-order valence-corrected chi connectivity index (χ1v) is 6.38. The number of hydrogen-bond acceptors (Lipinski definition) is 3. The molecule has 0 atom stereocenters. The molecule has 0 fully saturated rings. The van der Waals surface area contributed by atoms with Gasteiger partial charge in [0, 0.05) is 6.20 Å². The molecule has 104 valence electrons. The van der Waals surface area contributed by atoms with Gasteiger partial charge >= 0.3 is 5.69 Å². The summed E-state index contributed by atoms with van der Waals surface area (Å²) >= 11 is 0. The highest BCUT2D eigenvalue weighted by Gasteiger charge is 2.15. The van der Waals surface area contributed by atoms with Crippen LogP contribution in [-0.4, -0.2) is 15.3 Å². The van der Waals surface area contributed by atoms with Crippen LogP contribution in [0.25, 0.3) is 5.69 Å². The van der Waals surface area contributed by atoms with Crippen LogP contribution in [0.1, 0.15) is 42.6 Å². The van der Waals surface area contributed by atoms with E-state index in [1.807, 2.05) is 26.0 Å². The van der Waals surface area contributed by atoms with Crippen LogP contribution >= 0.6 is 0 Å². The number of benzene rings is 1. The number of rotatable bonds is 3. The number of aromatic amines is 1. The number of H-pyrrole nitrogens is 1. The van der Waals surface area contributed by atoms with Gasteiger partial charge in [0.25, 0.3) is 5.56 Å². The molecule has 0 aliphatic heterocycles. The zero-order chi connectivity index (χ0) is 14.9. The molecule has 1 heterocycles. The summed E-state index contributed by atoms with van der Waals surface area (Å²) in [6.07, 6.45) is 1.17. The largest absolute Gasteiger partial charge is 0.333 e. The zero-order valence-electron chi connectivity index (χ0n) is 11.6. The molecule has 0 saturated heterocycles. The molecule has 5 nitrogen and oxygen atoms in total. The molecule has 1 aromatic heterocycles. The average Bonchev–Trinajstić information content (AvgIpc) is 2.38. The fourth-order valence-electron chi connectivity index (χ4n) is 2.12. The van der Waals surface area contributed by atoms with Gasteiger partial charge in [-0.25, -0.2) is 9.36 Å². The van der Waals surface area contributed by atoms with Gasteiger partial charge in [-0.2, -0.15) is 0 Å². The molecule has 5 heteroatoms. The summed E-state index contributed by atoms with van der Waals surface area (Å²) in [4.78, 5) is 38.2. The summed E-state index contributed by atoms with van der Waals surface area (Å²) in [6.45, 7) is 5.26. The first-order valence-electron chi connectivity index (χ1n) is 6.38. The molecule has 1 aromatic carbocycles. The van der Waals surface area contributed by atoms with Gasteiger partial charge in [-0.05, 0) is 24.5 Å². The Balaban J connectivity index is 2.84. The van der Waals surface area contributed by atoms with E-state index in [9.17, 15) is 14.4 Å².